The standard InChI is InChI=1S/C10H13FN2O2/c1-7(12)2-3-8-6-9(13(14)15)4-5-10(8)11/h4-7H,2-3,12H2,1H3/t7-/m1/s1. The molecule has 5 heteroatoms. The van der Waals surface area contributed by atoms with E-state index >= 15 is 0 Å². The van der Waals surface area contributed by atoms with Gasteiger partial charge in [0.2, 0.25) is 0 Å². The minimum absolute atomic E-state index is 0.0383. The summed E-state index contributed by atoms with van der Waals surface area (Å²) in [7, 11) is 0. The Balaban J connectivity index is 2.85. The fourth-order valence-corrected chi connectivity index (χ4v) is 1.25. The Kier molecular flexibility index (Phi) is 3.74. The third-order valence-corrected chi connectivity index (χ3v) is 2.11. The molecule has 0 fully saturated rings. The maximum atomic E-state index is 13.2. The van der Waals surface area contributed by atoms with E-state index < -0.39 is 10.7 Å². The fraction of sp³-hybridized carbons (Fsp3) is 0.400. The van der Waals surface area contributed by atoms with E-state index in [1.807, 2.05) is 6.92 Å². The van der Waals surface area contributed by atoms with Crippen LogP contribution in [0.15, 0.2) is 18.2 Å². The van der Waals surface area contributed by atoms with Gasteiger partial charge >= 0.3 is 0 Å². The summed E-state index contributed by atoms with van der Waals surface area (Å²) in [4.78, 5) is 9.93. The summed E-state index contributed by atoms with van der Waals surface area (Å²) in [6.07, 6.45) is 1.03. The molecule has 2 N–H and O–H groups in total. The number of nitro groups is 1. The van der Waals surface area contributed by atoms with E-state index in [2.05, 4.69) is 0 Å². The van der Waals surface area contributed by atoms with Crippen molar-refractivity contribution in [1.82, 2.24) is 0 Å². The molecule has 15 heavy (non-hydrogen) atoms. The Bertz CT molecular complexity index is 366. The summed E-state index contributed by atoms with van der Waals surface area (Å²) >= 11 is 0. The highest BCUT2D eigenvalue weighted by atomic mass is 19.1. The number of aryl methyl sites for hydroxylation is 1. The third kappa shape index (κ3) is 3.28. The van der Waals surface area contributed by atoms with E-state index in [9.17, 15) is 14.5 Å². The van der Waals surface area contributed by atoms with E-state index in [0.29, 0.717) is 18.4 Å². The lowest BCUT2D eigenvalue weighted by Gasteiger charge is -2.05. The van der Waals surface area contributed by atoms with Crippen LogP contribution < -0.4 is 5.73 Å². The lowest BCUT2D eigenvalue weighted by Crippen LogP contribution is -2.15. The Morgan fingerprint density at radius 3 is 2.80 bits per heavy atom. The lowest BCUT2D eigenvalue weighted by atomic mass is 10.1. The van der Waals surface area contributed by atoms with E-state index in [4.69, 9.17) is 5.73 Å². The Labute approximate surface area is 87.0 Å². The highest BCUT2D eigenvalue weighted by Gasteiger charge is 2.10. The summed E-state index contributed by atoms with van der Waals surface area (Å²) in [5.41, 5.74) is 5.79. The molecule has 1 aromatic rings. The molecule has 0 unspecified atom stereocenters. The molecule has 82 valence electrons. The van der Waals surface area contributed by atoms with Crippen LogP contribution in [0.5, 0.6) is 0 Å². The van der Waals surface area contributed by atoms with Crippen molar-refractivity contribution in [1.29, 1.82) is 0 Å². The largest absolute Gasteiger partial charge is 0.328 e. The molecule has 0 heterocycles. The van der Waals surface area contributed by atoms with Gasteiger partial charge in [-0.1, -0.05) is 0 Å². The molecule has 0 radical (unpaired) electrons. The molecule has 0 aliphatic rings. The number of halogens is 1. The Morgan fingerprint density at radius 2 is 2.27 bits per heavy atom. The number of nitrogens with zero attached hydrogens (tertiary/aromatic N) is 1. The first kappa shape index (κ1) is 11.6. The van der Waals surface area contributed by atoms with Crippen LogP contribution in [-0.2, 0) is 6.42 Å². The summed E-state index contributed by atoms with van der Waals surface area (Å²) in [5.74, 6) is -0.416. The van der Waals surface area contributed by atoms with Gasteiger partial charge in [0.1, 0.15) is 5.82 Å². The van der Waals surface area contributed by atoms with E-state index in [0.717, 1.165) is 12.1 Å². The van der Waals surface area contributed by atoms with E-state index in [1.165, 1.54) is 6.07 Å². The Morgan fingerprint density at radius 1 is 1.60 bits per heavy atom. The predicted octanol–water partition coefficient (Wildman–Crippen LogP) is 2.01. The molecule has 0 saturated heterocycles. The molecule has 0 aromatic heterocycles. The molecule has 0 aliphatic heterocycles. The van der Waals surface area contributed by atoms with Gasteiger partial charge in [0.25, 0.3) is 5.69 Å². The van der Waals surface area contributed by atoms with Gasteiger partial charge in [-0.25, -0.2) is 4.39 Å². The van der Waals surface area contributed by atoms with Crippen molar-refractivity contribution < 1.29 is 9.31 Å². The van der Waals surface area contributed by atoms with Gasteiger partial charge < -0.3 is 5.73 Å². The third-order valence-electron chi connectivity index (χ3n) is 2.11. The van der Waals surface area contributed by atoms with Crippen LogP contribution in [0.25, 0.3) is 0 Å². The topological polar surface area (TPSA) is 69.2 Å². The maximum absolute atomic E-state index is 13.2. The predicted molar refractivity (Wildman–Crippen MR) is 55.0 cm³/mol. The van der Waals surface area contributed by atoms with Gasteiger partial charge in [0, 0.05) is 18.2 Å². The van der Waals surface area contributed by atoms with Gasteiger partial charge in [-0.15, -0.1) is 0 Å². The first-order chi connectivity index (χ1) is 7.00. The molecule has 1 atom stereocenters. The SMILES string of the molecule is C[C@@H](N)CCc1cc([N+](=O)[O-])ccc1F. The van der Waals surface area contributed by atoms with Gasteiger partial charge in [-0.2, -0.15) is 0 Å². The molecular weight excluding hydrogens is 199 g/mol. The van der Waals surface area contributed by atoms with Crippen LogP contribution in [-0.4, -0.2) is 11.0 Å². The minimum Gasteiger partial charge on any atom is -0.328 e. The first-order valence-corrected chi connectivity index (χ1v) is 4.69. The van der Waals surface area contributed by atoms with Crippen LogP contribution in [0.3, 0.4) is 0 Å². The van der Waals surface area contributed by atoms with Gasteiger partial charge in [-0.05, 0) is 31.4 Å². The van der Waals surface area contributed by atoms with Gasteiger partial charge in [0.05, 0.1) is 4.92 Å². The number of hydrogen-bond acceptors (Lipinski definition) is 3. The monoisotopic (exact) mass is 212 g/mol. The van der Waals surface area contributed by atoms with E-state index in [-0.39, 0.29) is 11.7 Å². The zero-order valence-electron chi connectivity index (χ0n) is 8.44. The highest BCUT2D eigenvalue weighted by molar-refractivity contribution is 5.35. The highest BCUT2D eigenvalue weighted by Crippen LogP contribution is 2.18. The second-order valence-electron chi connectivity index (χ2n) is 3.55. The van der Waals surface area contributed by atoms with Crippen molar-refractivity contribution in [3.8, 4) is 0 Å². The summed E-state index contributed by atoms with van der Waals surface area (Å²) in [6.45, 7) is 1.81. The normalized spacial score (nSPS) is 12.5. The van der Waals surface area contributed by atoms with Crippen molar-refractivity contribution in [3.05, 3.63) is 39.7 Å². The van der Waals surface area contributed by atoms with Crippen molar-refractivity contribution in [2.75, 3.05) is 0 Å². The zero-order chi connectivity index (χ0) is 11.4. The quantitative estimate of drug-likeness (QED) is 0.613. The van der Waals surface area contributed by atoms with Crippen LogP contribution in [0.4, 0.5) is 10.1 Å². The second kappa shape index (κ2) is 4.84. The number of hydrogen-bond donors (Lipinski definition) is 1. The van der Waals surface area contributed by atoms with Crippen LogP contribution in [0.1, 0.15) is 18.9 Å². The van der Waals surface area contributed by atoms with E-state index in [1.54, 1.807) is 0 Å². The smallest absolute Gasteiger partial charge is 0.269 e. The average Bonchev–Trinajstić information content (AvgIpc) is 2.16. The van der Waals surface area contributed by atoms with Crippen LogP contribution >= 0.6 is 0 Å². The van der Waals surface area contributed by atoms with Crippen molar-refractivity contribution >= 4 is 5.69 Å². The van der Waals surface area contributed by atoms with Crippen molar-refractivity contribution in [3.63, 3.8) is 0 Å². The molecule has 0 spiro atoms. The van der Waals surface area contributed by atoms with Gasteiger partial charge in [0.15, 0.2) is 0 Å². The molecule has 1 aromatic carbocycles. The molecule has 0 amide bonds. The van der Waals surface area contributed by atoms with Crippen LogP contribution in [0.2, 0.25) is 0 Å². The van der Waals surface area contributed by atoms with Crippen LogP contribution in [0, 0.1) is 15.9 Å². The molecule has 0 aliphatic carbocycles. The first-order valence-electron chi connectivity index (χ1n) is 4.69. The number of nitrogens with two attached hydrogens (primary N) is 1. The Hall–Kier alpha value is -1.49. The summed E-state index contributed by atoms with van der Waals surface area (Å²) in [5, 5.41) is 10.5. The van der Waals surface area contributed by atoms with Gasteiger partial charge in [-0.3, -0.25) is 10.1 Å². The summed E-state index contributed by atoms with van der Waals surface area (Å²) in [6, 6.07) is 3.50. The van der Waals surface area contributed by atoms with Crippen molar-refractivity contribution in [2.24, 2.45) is 5.73 Å². The number of benzene rings is 1. The maximum Gasteiger partial charge on any atom is 0.269 e. The molecule has 0 bridgehead atoms. The lowest BCUT2D eigenvalue weighted by molar-refractivity contribution is -0.385. The summed E-state index contributed by atoms with van der Waals surface area (Å²) < 4.78 is 13.2. The number of rotatable bonds is 4. The molecule has 0 saturated carbocycles. The number of nitro benzene ring substituents is 1. The molecular formula is C10H13FN2O2. The second-order valence-corrected chi connectivity index (χ2v) is 3.55. The zero-order valence-corrected chi connectivity index (χ0v) is 8.44. The molecule has 4 nitrogen and oxygen atoms in total. The van der Waals surface area contributed by atoms with Crippen molar-refractivity contribution in [2.45, 2.75) is 25.8 Å². The average molecular weight is 212 g/mol. The minimum atomic E-state index is -0.533. The fourth-order valence-electron chi connectivity index (χ4n) is 1.25. The molecule has 1 rings (SSSR count). The number of non-ortho nitro benzene ring substituents is 1.